The summed E-state index contributed by atoms with van der Waals surface area (Å²) in [6, 6.07) is 5.22. The van der Waals surface area contributed by atoms with Gasteiger partial charge in [-0.05, 0) is 31.9 Å². The van der Waals surface area contributed by atoms with Crippen LogP contribution in [-0.4, -0.2) is 17.7 Å². The molecule has 1 aromatic rings. The molecule has 0 aliphatic rings. The first-order valence-corrected chi connectivity index (χ1v) is 7.73. The number of carbonyl (C=O) groups is 1. The maximum Gasteiger partial charge on any atom is 0.312 e. The standard InChI is InChI=1S/C15H20BrClO3/c1-5-20-14(18)13(9(2)3)15(4,19)11-7-6-10(16)8-12(11)17/h6-9,13,19H,5H2,1-4H3. The van der Waals surface area contributed by atoms with Gasteiger partial charge in [-0.2, -0.15) is 0 Å². The summed E-state index contributed by atoms with van der Waals surface area (Å²) >= 11 is 9.53. The van der Waals surface area contributed by atoms with Gasteiger partial charge in [0.25, 0.3) is 0 Å². The van der Waals surface area contributed by atoms with Crippen LogP contribution in [0.2, 0.25) is 5.02 Å². The van der Waals surface area contributed by atoms with Crippen LogP contribution in [0.15, 0.2) is 22.7 Å². The molecule has 0 aliphatic heterocycles. The maximum absolute atomic E-state index is 12.1. The number of hydrogen-bond donors (Lipinski definition) is 1. The second kappa shape index (κ2) is 6.92. The Morgan fingerprint density at radius 1 is 1.50 bits per heavy atom. The van der Waals surface area contributed by atoms with E-state index in [1.807, 2.05) is 13.8 Å². The third-order valence-electron chi connectivity index (χ3n) is 3.29. The zero-order chi connectivity index (χ0) is 15.5. The molecule has 0 aliphatic carbocycles. The Morgan fingerprint density at radius 2 is 2.10 bits per heavy atom. The lowest BCUT2D eigenvalue weighted by molar-refractivity contribution is -0.161. The second-order valence-corrected chi connectivity index (χ2v) is 6.57. The lowest BCUT2D eigenvalue weighted by Crippen LogP contribution is -2.41. The van der Waals surface area contributed by atoms with Crippen LogP contribution < -0.4 is 0 Å². The average molecular weight is 364 g/mol. The van der Waals surface area contributed by atoms with Crippen molar-refractivity contribution < 1.29 is 14.6 Å². The Kier molecular flexibility index (Phi) is 6.05. The highest BCUT2D eigenvalue weighted by Crippen LogP contribution is 2.39. The lowest BCUT2D eigenvalue weighted by atomic mass is 9.76. The molecule has 1 N–H and O–H groups in total. The fraction of sp³-hybridized carbons (Fsp3) is 0.533. The van der Waals surface area contributed by atoms with Gasteiger partial charge < -0.3 is 9.84 Å². The van der Waals surface area contributed by atoms with Crippen LogP contribution in [-0.2, 0) is 15.1 Å². The molecule has 0 saturated heterocycles. The normalized spacial score (nSPS) is 15.8. The topological polar surface area (TPSA) is 46.5 Å². The molecule has 5 heteroatoms. The number of aliphatic hydroxyl groups is 1. The van der Waals surface area contributed by atoms with Crippen molar-refractivity contribution in [3.63, 3.8) is 0 Å². The number of carbonyl (C=O) groups excluding carboxylic acids is 1. The molecule has 0 radical (unpaired) electrons. The summed E-state index contributed by atoms with van der Waals surface area (Å²) in [5.41, 5.74) is -0.868. The zero-order valence-corrected chi connectivity index (χ0v) is 14.5. The van der Waals surface area contributed by atoms with Crippen molar-refractivity contribution in [3.8, 4) is 0 Å². The molecular formula is C15H20BrClO3. The maximum atomic E-state index is 12.1. The fourth-order valence-corrected chi connectivity index (χ4v) is 3.31. The Bertz CT molecular complexity index is 486. The van der Waals surface area contributed by atoms with E-state index in [1.54, 1.807) is 32.0 Å². The van der Waals surface area contributed by atoms with Gasteiger partial charge >= 0.3 is 5.97 Å². The van der Waals surface area contributed by atoms with Crippen LogP contribution >= 0.6 is 27.5 Å². The van der Waals surface area contributed by atoms with Crippen molar-refractivity contribution in [3.05, 3.63) is 33.3 Å². The molecule has 3 nitrogen and oxygen atoms in total. The first kappa shape index (κ1) is 17.5. The lowest BCUT2D eigenvalue weighted by Gasteiger charge is -2.34. The van der Waals surface area contributed by atoms with Crippen molar-refractivity contribution in [2.24, 2.45) is 11.8 Å². The Balaban J connectivity index is 3.25. The van der Waals surface area contributed by atoms with Crippen LogP contribution in [0.4, 0.5) is 0 Å². The fourth-order valence-electron chi connectivity index (χ4n) is 2.45. The van der Waals surface area contributed by atoms with E-state index in [9.17, 15) is 9.90 Å². The molecule has 2 unspecified atom stereocenters. The average Bonchev–Trinajstić information content (AvgIpc) is 2.27. The quantitative estimate of drug-likeness (QED) is 0.800. The predicted octanol–water partition coefficient (Wildman–Crippen LogP) is 4.15. The molecule has 0 saturated carbocycles. The Morgan fingerprint density at radius 3 is 2.55 bits per heavy atom. The molecule has 2 atom stereocenters. The molecule has 1 rings (SSSR count). The van der Waals surface area contributed by atoms with Crippen LogP contribution in [0.25, 0.3) is 0 Å². The number of rotatable bonds is 5. The van der Waals surface area contributed by atoms with Crippen LogP contribution in [0, 0.1) is 11.8 Å². The minimum absolute atomic E-state index is 0.0798. The summed E-state index contributed by atoms with van der Waals surface area (Å²) in [7, 11) is 0. The third-order valence-corrected chi connectivity index (χ3v) is 4.10. The van der Waals surface area contributed by atoms with E-state index in [0.29, 0.717) is 10.6 Å². The van der Waals surface area contributed by atoms with E-state index in [0.717, 1.165) is 4.47 Å². The van der Waals surface area contributed by atoms with Crippen LogP contribution in [0.1, 0.15) is 33.3 Å². The SMILES string of the molecule is CCOC(=O)C(C(C)C)C(C)(O)c1ccc(Br)cc1Cl. The molecule has 1 aromatic carbocycles. The predicted molar refractivity (Wildman–Crippen MR) is 83.7 cm³/mol. The summed E-state index contributed by atoms with van der Waals surface area (Å²) < 4.78 is 5.90. The Hall–Kier alpha value is -0.580. The van der Waals surface area contributed by atoms with Crippen molar-refractivity contribution in [2.45, 2.75) is 33.3 Å². The van der Waals surface area contributed by atoms with Gasteiger partial charge in [0, 0.05) is 15.1 Å². The third kappa shape index (κ3) is 3.74. The number of hydrogen-bond acceptors (Lipinski definition) is 3. The molecule has 20 heavy (non-hydrogen) atoms. The molecule has 0 heterocycles. The van der Waals surface area contributed by atoms with Gasteiger partial charge in [0.2, 0.25) is 0 Å². The van der Waals surface area contributed by atoms with E-state index < -0.39 is 17.5 Å². The Labute approximate surface area is 133 Å². The number of esters is 1. The van der Waals surface area contributed by atoms with E-state index >= 15 is 0 Å². The van der Waals surface area contributed by atoms with E-state index in [1.165, 1.54) is 0 Å². The van der Waals surface area contributed by atoms with E-state index in [4.69, 9.17) is 16.3 Å². The van der Waals surface area contributed by atoms with Gasteiger partial charge in [-0.3, -0.25) is 4.79 Å². The van der Waals surface area contributed by atoms with Gasteiger partial charge in [0.1, 0.15) is 5.60 Å². The van der Waals surface area contributed by atoms with E-state index in [2.05, 4.69) is 15.9 Å². The molecular weight excluding hydrogens is 344 g/mol. The minimum Gasteiger partial charge on any atom is -0.466 e. The first-order valence-electron chi connectivity index (χ1n) is 6.56. The van der Waals surface area contributed by atoms with Gasteiger partial charge in [0.05, 0.1) is 12.5 Å². The summed E-state index contributed by atoms with van der Waals surface area (Å²) in [5.74, 6) is -1.17. The largest absolute Gasteiger partial charge is 0.466 e. The molecule has 112 valence electrons. The number of benzene rings is 1. The van der Waals surface area contributed by atoms with Gasteiger partial charge in [-0.15, -0.1) is 0 Å². The van der Waals surface area contributed by atoms with Crippen molar-refractivity contribution in [2.75, 3.05) is 6.61 Å². The number of halogens is 2. The summed E-state index contributed by atoms with van der Waals surface area (Å²) in [6.07, 6.45) is 0. The minimum atomic E-state index is -1.39. The molecule has 0 bridgehead atoms. The first-order chi connectivity index (χ1) is 9.21. The molecule has 0 spiro atoms. The van der Waals surface area contributed by atoms with Crippen molar-refractivity contribution in [1.29, 1.82) is 0 Å². The van der Waals surface area contributed by atoms with Gasteiger partial charge in [-0.1, -0.05) is 47.4 Å². The van der Waals surface area contributed by atoms with Gasteiger partial charge in [0.15, 0.2) is 0 Å². The van der Waals surface area contributed by atoms with Crippen LogP contribution in [0.5, 0.6) is 0 Å². The molecule has 0 fully saturated rings. The number of ether oxygens (including phenoxy) is 1. The van der Waals surface area contributed by atoms with Crippen molar-refractivity contribution >= 4 is 33.5 Å². The highest BCUT2D eigenvalue weighted by Gasteiger charge is 2.43. The van der Waals surface area contributed by atoms with Crippen LogP contribution in [0.3, 0.4) is 0 Å². The highest BCUT2D eigenvalue weighted by molar-refractivity contribution is 9.10. The summed E-state index contributed by atoms with van der Waals surface area (Å²) in [4.78, 5) is 12.1. The second-order valence-electron chi connectivity index (χ2n) is 5.25. The molecule has 0 aromatic heterocycles. The van der Waals surface area contributed by atoms with Gasteiger partial charge in [-0.25, -0.2) is 0 Å². The molecule has 0 amide bonds. The summed E-state index contributed by atoms with van der Waals surface area (Å²) in [6.45, 7) is 7.39. The zero-order valence-electron chi connectivity index (χ0n) is 12.1. The highest BCUT2D eigenvalue weighted by atomic mass is 79.9. The summed E-state index contributed by atoms with van der Waals surface area (Å²) in [5, 5.41) is 11.3. The smallest absolute Gasteiger partial charge is 0.312 e. The van der Waals surface area contributed by atoms with Crippen molar-refractivity contribution in [1.82, 2.24) is 0 Å². The van der Waals surface area contributed by atoms with E-state index in [-0.39, 0.29) is 12.5 Å². The monoisotopic (exact) mass is 362 g/mol.